The van der Waals surface area contributed by atoms with Crippen molar-refractivity contribution in [1.29, 1.82) is 0 Å². The standard InChI is InChI=1S/C21H26N2O3S/c1-15-6-9-19(10-7-15)27(25,26)22-20-11-8-18(13-17(20)3)21(24)23-12-4-5-16(2)14-23/h6-11,13,16,22H,4-5,12,14H2,1-3H3/t16-/m1/s1. The number of aryl methyl sites for hydroxylation is 2. The maximum absolute atomic E-state index is 12.7. The zero-order valence-electron chi connectivity index (χ0n) is 16.0. The van der Waals surface area contributed by atoms with Gasteiger partial charge in [-0.25, -0.2) is 8.42 Å². The van der Waals surface area contributed by atoms with E-state index < -0.39 is 10.0 Å². The van der Waals surface area contributed by atoms with Crippen LogP contribution < -0.4 is 4.72 Å². The van der Waals surface area contributed by atoms with E-state index in [0.29, 0.717) is 17.2 Å². The fraction of sp³-hybridized carbons (Fsp3) is 0.381. The van der Waals surface area contributed by atoms with Gasteiger partial charge in [-0.1, -0.05) is 24.6 Å². The van der Waals surface area contributed by atoms with Crippen molar-refractivity contribution in [2.75, 3.05) is 17.8 Å². The molecule has 2 aromatic rings. The number of nitrogens with zero attached hydrogens (tertiary/aromatic N) is 1. The summed E-state index contributed by atoms with van der Waals surface area (Å²) in [7, 11) is -3.66. The molecule has 0 aromatic heterocycles. The van der Waals surface area contributed by atoms with Gasteiger partial charge in [0, 0.05) is 18.7 Å². The second kappa shape index (κ2) is 7.72. The number of sulfonamides is 1. The van der Waals surface area contributed by atoms with Crippen LogP contribution in [0.3, 0.4) is 0 Å². The van der Waals surface area contributed by atoms with Gasteiger partial charge in [0.1, 0.15) is 0 Å². The molecule has 27 heavy (non-hydrogen) atoms. The van der Waals surface area contributed by atoms with Gasteiger partial charge in [0.05, 0.1) is 10.6 Å². The van der Waals surface area contributed by atoms with E-state index in [1.807, 2.05) is 18.7 Å². The fourth-order valence-corrected chi connectivity index (χ4v) is 4.52. The first-order valence-electron chi connectivity index (χ1n) is 9.26. The first-order valence-corrected chi connectivity index (χ1v) is 10.7. The Morgan fingerprint density at radius 3 is 2.44 bits per heavy atom. The van der Waals surface area contributed by atoms with Crippen LogP contribution >= 0.6 is 0 Å². The fourth-order valence-electron chi connectivity index (χ4n) is 3.39. The maximum Gasteiger partial charge on any atom is 0.261 e. The highest BCUT2D eigenvalue weighted by atomic mass is 32.2. The lowest BCUT2D eigenvalue weighted by Crippen LogP contribution is -2.39. The molecule has 1 aliphatic heterocycles. The van der Waals surface area contributed by atoms with Crippen LogP contribution in [0.25, 0.3) is 0 Å². The van der Waals surface area contributed by atoms with E-state index in [1.54, 1.807) is 42.5 Å². The molecule has 1 fully saturated rings. The largest absolute Gasteiger partial charge is 0.338 e. The summed E-state index contributed by atoms with van der Waals surface area (Å²) in [5.74, 6) is 0.530. The number of benzene rings is 2. The molecule has 0 saturated carbocycles. The Morgan fingerprint density at radius 2 is 1.81 bits per heavy atom. The number of carbonyl (C=O) groups is 1. The van der Waals surface area contributed by atoms with Crippen molar-refractivity contribution in [2.45, 2.75) is 38.5 Å². The molecule has 0 radical (unpaired) electrons. The second-order valence-corrected chi connectivity index (χ2v) is 9.13. The van der Waals surface area contributed by atoms with Crippen LogP contribution in [0.4, 0.5) is 5.69 Å². The minimum absolute atomic E-state index is 0.0117. The van der Waals surface area contributed by atoms with Gasteiger partial charge in [-0.3, -0.25) is 9.52 Å². The zero-order chi connectivity index (χ0) is 19.6. The highest BCUT2D eigenvalue weighted by Gasteiger charge is 2.23. The summed E-state index contributed by atoms with van der Waals surface area (Å²) in [5, 5.41) is 0. The van der Waals surface area contributed by atoms with Crippen molar-refractivity contribution in [1.82, 2.24) is 4.90 Å². The molecule has 0 unspecified atom stereocenters. The van der Waals surface area contributed by atoms with Crippen LogP contribution in [0, 0.1) is 19.8 Å². The molecular formula is C21H26N2O3S. The molecule has 1 aliphatic rings. The number of hydrogen-bond acceptors (Lipinski definition) is 3. The van der Waals surface area contributed by atoms with Crippen LogP contribution in [0.2, 0.25) is 0 Å². The van der Waals surface area contributed by atoms with Gasteiger partial charge >= 0.3 is 0 Å². The Kier molecular flexibility index (Phi) is 5.56. The summed E-state index contributed by atoms with van der Waals surface area (Å²) in [4.78, 5) is 14.8. The van der Waals surface area contributed by atoms with Gasteiger partial charge in [0.15, 0.2) is 0 Å². The summed E-state index contributed by atoms with van der Waals surface area (Å²) >= 11 is 0. The molecule has 2 aromatic carbocycles. The highest BCUT2D eigenvalue weighted by molar-refractivity contribution is 7.92. The van der Waals surface area contributed by atoms with E-state index in [9.17, 15) is 13.2 Å². The van der Waals surface area contributed by atoms with Gasteiger partial charge in [0.2, 0.25) is 0 Å². The van der Waals surface area contributed by atoms with E-state index in [-0.39, 0.29) is 10.8 Å². The number of piperidine rings is 1. The van der Waals surface area contributed by atoms with Crippen LogP contribution in [0.15, 0.2) is 47.4 Å². The van der Waals surface area contributed by atoms with Crippen molar-refractivity contribution in [3.05, 3.63) is 59.2 Å². The van der Waals surface area contributed by atoms with Crippen molar-refractivity contribution >= 4 is 21.6 Å². The van der Waals surface area contributed by atoms with Crippen molar-refractivity contribution in [2.24, 2.45) is 5.92 Å². The van der Waals surface area contributed by atoms with Gasteiger partial charge in [-0.2, -0.15) is 0 Å². The van der Waals surface area contributed by atoms with Crippen LogP contribution in [-0.4, -0.2) is 32.3 Å². The Balaban J connectivity index is 1.78. The van der Waals surface area contributed by atoms with Gasteiger partial charge in [-0.05, 0) is 68.5 Å². The van der Waals surface area contributed by atoms with Crippen molar-refractivity contribution in [3.8, 4) is 0 Å². The molecule has 3 rings (SSSR count). The smallest absolute Gasteiger partial charge is 0.261 e. The summed E-state index contributed by atoms with van der Waals surface area (Å²) in [6.45, 7) is 7.44. The van der Waals surface area contributed by atoms with Crippen LogP contribution in [0.5, 0.6) is 0 Å². The molecule has 1 amide bonds. The third-order valence-electron chi connectivity index (χ3n) is 4.99. The normalized spacial score (nSPS) is 17.6. The Bertz CT molecular complexity index is 936. The van der Waals surface area contributed by atoms with Gasteiger partial charge < -0.3 is 4.90 Å². The Morgan fingerprint density at radius 1 is 1.11 bits per heavy atom. The third-order valence-corrected chi connectivity index (χ3v) is 6.37. The second-order valence-electron chi connectivity index (χ2n) is 7.45. The van der Waals surface area contributed by atoms with Gasteiger partial charge in [-0.15, -0.1) is 0 Å². The van der Waals surface area contributed by atoms with E-state index in [4.69, 9.17) is 0 Å². The summed E-state index contributed by atoms with van der Waals surface area (Å²) < 4.78 is 27.8. The number of hydrogen-bond donors (Lipinski definition) is 1. The number of amides is 1. The lowest BCUT2D eigenvalue weighted by molar-refractivity contribution is 0.0683. The number of carbonyl (C=O) groups excluding carboxylic acids is 1. The lowest BCUT2D eigenvalue weighted by Gasteiger charge is -2.31. The molecule has 6 heteroatoms. The number of anilines is 1. The minimum atomic E-state index is -3.66. The van der Waals surface area contributed by atoms with Crippen LogP contribution in [-0.2, 0) is 10.0 Å². The summed E-state index contributed by atoms with van der Waals surface area (Å²) in [6, 6.07) is 11.8. The van der Waals surface area contributed by atoms with Gasteiger partial charge in [0.25, 0.3) is 15.9 Å². The highest BCUT2D eigenvalue weighted by Crippen LogP contribution is 2.23. The summed E-state index contributed by atoms with van der Waals surface area (Å²) in [6.07, 6.45) is 2.18. The molecule has 1 atom stereocenters. The molecule has 1 saturated heterocycles. The third kappa shape index (κ3) is 4.50. The Hall–Kier alpha value is -2.34. The molecule has 1 heterocycles. The quantitative estimate of drug-likeness (QED) is 0.864. The average Bonchev–Trinajstić information content (AvgIpc) is 2.63. The van der Waals surface area contributed by atoms with E-state index in [0.717, 1.165) is 37.1 Å². The van der Waals surface area contributed by atoms with E-state index in [1.165, 1.54) is 0 Å². The number of likely N-dealkylation sites (tertiary alicyclic amines) is 1. The molecule has 144 valence electrons. The molecule has 0 bridgehead atoms. The van der Waals surface area contributed by atoms with Crippen molar-refractivity contribution in [3.63, 3.8) is 0 Å². The number of nitrogens with one attached hydrogen (secondary N) is 1. The molecule has 5 nitrogen and oxygen atoms in total. The van der Waals surface area contributed by atoms with E-state index >= 15 is 0 Å². The lowest BCUT2D eigenvalue weighted by atomic mass is 9.99. The maximum atomic E-state index is 12.7. The molecule has 0 spiro atoms. The SMILES string of the molecule is Cc1ccc(S(=O)(=O)Nc2ccc(C(=O)N3CCC[C@@H](C)C3)cc2C)cc1. The zero-order valence-corrected chi connectivity index (χ0v) is 16.8. The Labute approximate surface area is 161 Å². The van der Waals surface area contributed by atoms with Crippen LogP contribution in [0.1, 0.15) is 41.3 Å². The monoisotopic (exact) mass is 386 g/mol. The molecular weight excluding hydrogens is 360 g/mol. The predicted molar refractivity (Wildman–Crippen MR) is 107 cm³/mol. The predicted octanol–water partition coefficient (Wildman–Crippen LogP) is 3.98. The topological polar surface area (TPSA) is 66.5 Å². The first kappa shape index (κ1) is 19.4. The van der Waals surface area contributed by atoms with Crippen molar-refractivity contribution < 1.29 is 13.2 Å². The minimum Gasteiger partial charge on any atom is -0.338 e. The molecule has 0 aliphatic carbocycles. The van der Waals surface area contributed by atoms with E-state index in [2.05, 4.69) is 11.6 Å². The number of rotatable bonds is 4. The first-order chi connectivity index (χ1) is 12.8. The summed E-state index contributed by atoms with van der Waals surface area (Å²) in [5.41, 5.74) is 2.81. The average molecular weight is 387 g/mol. The molecule has 1 N–H and O–H groups in total.